The number of nitrogens with one attached hydrogen (secondary N) is 1. The number of rotatable bonds is 8. The Kier molecular flexibility index (Phi) is 7.55. The lowest BCUT2D eigenvalue weighted by Gasteiger charge is -2.29. The fourth-order valence-electron chi connectivity index (χ4n) is 3.73. The number of likely N-dealkylation sites (N-methyl/N-ethyl adjacent to an activating group) is 1. The third-order valence-corrected chi connectivity index (χ3v) is 5.31. The Balaban J connectivity index is 1.72. The van der Waals surface area contributed by atoms with E-state index in [0.29, 0.717) is 30.6 Å². The molecule has 5 heteroatoms. The molecule has 0 bridgehead atoms. The number of benzene rings is 2. The van der Waals surface area contributed by atoms with Gasteiger partial charge in [-0.2, -0.15) is 0 Å². The number of carbonyl (C=O) groups excluding carboxylic acids is 2. The number of aryl methyl sites for hydroxylation is 2. The summed E-state index contributed by atoms with van der Waals surface area (Å²) in [5.74, 6) is -0.217. The van der Waals surface area contributed by atoms with Crippen molar-refractivity contribution in [3.8, 4) is 0 Å². The highest BCUT2D eigenvalue weighted by Gasteiger charge is 2.22. The minimum Gasteiger partial charge on any atom is -0.351 e. The molecule has 31 heavy (non-hydrogen) atoms. The topological polar surface area (TPSA) is 62.3 Å². The number of aromatic nitrogens is 1. The molecule has 5 nitrogen and oxygen atoms in total. The molecule has 160 valence electrons. The zero-order valence-corrected chi connectivity index (χ0v) is 18.3. The third-order valence-electron chi connectivity index (χ3n) is 5.31. The minimum absolute atomic E-state index is 0.0104. The molecule has 1 N–H and O–H groups in total. The van der Waals surface area contributed by atoms with E-state index in [1.807, 2.05) is 51.2 Å². The van der Waals surface area contributed by atoms with E-state index in [1.165, 1.54) is 0 Å². The van der Waals surface area contributed by atoms with E-state index in [-0.39, 0.29) is 17.9 Å². The minimum atomic E-state index is -0.206. The number of hydrogen-bond donors (Lipinski definition) is 1. The molecule has 0 fully saturated rings. The second-order valence-corrected chi connectivity index (χ2v) is 7.90. The predicted octanol–water partition coefficient (Wildman–Crippen LogP) is 4.20. The van der Waals surface area contributed by atoms with Crippen LogP contribution in [0.3, 0.4) is 0 Å². The summed E-state index contributed by atoms with van der Waals surface area (Å²) in [6, 6.07) is 21.2. The fraction of sp³-hybridized carbons (Fsp3) is 0.269. The first kappa shape index (κ1) is 22.2. The molecule has 1 aromatic heterocycles. The smallest absolute Gasteiger partial charge is 0.269 e. The molecule has 0 aliphatic heterocycles. The zero-order valence-electron chi connectivity index (χ0n) is 18.3. The molecular weight excluding hydrogens is 386 g/mol. The molecular formula is C26H29N3O2. The van der Waals surface area contributed by atoms with Gasteiger partial charge in [-0.05, 0) is 56.5 Å². The summed E-state index contributed by atoms with van der Waals surface area (Å²) in [5, 5.41) is 2.93. The highest BCUT2D eigenvalue weighted by molar-refractivity contribution is 5.94. The summed E-state index contributed by atoms with van der Waals surface area (Å²) in [4.78, 5) is 31.4. The fourth-order valence-corrected chi connectivity index (χ4v) is 3.73. The lowest BCUT2D eigenvalue weighted by atomic mass is 10.00. The van der Waals surface area contributed by atoms with Gasteiger partial charge in [0.05, 0.1) is 0 Å². The van der Waals surface area contributed by atoms with Gasteiger partial charge in [-0.3, -0.25) is 14.6 Å². The van der Waals surface area contributed by atoms with Crippen molar-refractivity contribution in [2.45, 2.75) is 32.7 Å². The Morgan fingerprint density at radius 1 is 0.968 bits per heavy atom. The van der Waals surface area contributed by atoms with Crippen LogP contribution in [0.15, 0.2) is 72.9 Å². The average Bonchev–Trinajstić information content (AvgIpc) is 2.78. The van der Waals surface area contributed by atoms with Gasteiger partial charge in [-0.25, -0.2) is 0 Å². The maximum Gasteiger partial charge on any atom is 0.269 e. The van der Waals surface area contributed by atoms with Crippen LogP contribution in [0.1, 0.15) is 44.0 Å². The lowest BCUT2D eigenvalue weighted by molar-refractivity contribution is 0.0722. The molecule has 1 atom stereocenters. The average molecular weight is 416 g/mol. The highest BCUT2D eigenvalue weighted by atomic mass is 16.2. The monoisotopic (exact) mass is 415 g/mol. The second kappa shape index (κ2) is 10.5. The molecule has 0 saturated carbocycles. The van der Waals surface area contributed by atoms with Crippen LogP contribution in [-0.4, -0.2) is 41.3 Å². The van der Waals surface area contributed by atoms with Gasteiger partial charge in [-0.15, -0.1) is 0 Å². The first-order valence-electron chi connectivity index (χ1n) is 10.5. The molecule has 0 saturated heterocycles. The quantitative estimate of drug-likeness (QED) is 0.600. The van der Waals surface area contributed by atoms with Crippen LogP contribution in [-0.2, 0) is 6.42 Å². The standard InChI is InChI=1S/C26H29N3O2/c1-19-15-20(2)17-22(16-19)26(31)29(3)23(18-21-9-5-4-6-10-21)12-14-28-25(30)24-11-7-8-13-27-24/h4-11,13,15-17,23H,12,14,18H2,1-3H3,(H,28,30). The van der Waals surface area contributed by atoms with Crippen molar-refractivity contribution in [2.75, 3.05) is 13.6 Å². The van der Waals surface area contributed by atoms with Crippen molar-refractivity contribution in [1.82, 2.24) is 15.2 Å². The van der Waals surface area contributed by atoms with E-state index in [1.54, 1.807) is 29.3 Å². The van der Waals surface area contributed by atoms with Gasteiger partial charge in [0.2, 0.25) is 0 Å². The molecule has 0 aliphatic carbocycles. The molecule has 0 radical (unpaired) electrons. The van der Waals surface area contributed by atoms with Crippen LogP contribution < -0.4 is 5.32 Å². The van der Waals surface area contributed by atoms with Crippen molar-refractivity contribution in [1.29, 1.82) is 0 Å². The van der Waals surface area contributed by atoms with Crippen LogP contribution in [0.2, 0.25) is 0 Å². The van der Waals surface area contributed by atoms with Crippen molar-refractivity contribution in [3.05, 3.63) is 101 Å². The van der Waals surface area contributed by atoms with Gasteiger partial charge in [0.15, 0.2) is 0 Å². The van der Waals surface area contributed by atoms with Crippen molar-refractivity contribution in [2.24, 2.45) is 0 Å². The van der Waals surface area contributed by atoms with Crippen LogP contribution >= 0.6 is 0 Å². The maximum atomic E-state index is 13.2. The molecule has 1 heterocycles. The normalized spacial score (nSPS) is 11.6. The summed E-state index contributed by atoms with van der Waals surface area (Å²) in [6.07, 6.45) is 2.96. The third kappa shape index (κ3) is 6.25. The van der Waals surface area contributed by atoms with E-state index in [9.17, 15) is 9.59 Å². The number of hydrogen-bond acceptors (Lipinski definition) is 3. The first-order valence-corrected chi connectivity index (χ1v) is 10.5. The number of amides is 2. The SMILES string of the molecule is Cc1cc(C)cc(C(=O)N(C)C(CCNC(=O)c2ccccn2)Cc2ccccc2)c1. The second-order valence-electron chi connectivity index (χ2n) is 7.90. The van der Waals surface area contributed by atoms with Gasteiger partial charge < -0.3 is 10.2 Å². The first-order chi connectivity index (χ1) is 14.9. The van der Waals surface area contributed by atoms with Crippen molar-refractivity contribution >= 4 is 11.8 Å². The highest BCUT2D eigenvalue weighted by Crippen LogP contribution is 2.16. The molecule has 0 aliphatic rings. The molecule has 2 amide bonds. The number of nitrogens with zero attached hydrogens (tertiary/aromatic N) is 2. The molecule has 3 rings (SSSR count). The van der Waals surface area contributed by atoms with Gasteiger partial charge in [0.1, 0.15) is 5.69 Å². The summed E-state index contributed by atoms with van der Waals surface area (Å²) in [7, 11) is 1.84. The Morgan fingerprint density at radius 2 is 1.65 bits per heavy atom. The maximum absolute atomic E-state index is 13.2. The summed E-state index contributed by atoms with van der Waals surface area (Å²) >= 11 is 0. The lowest BCUT2D eigenvalue weighted by Crippen LogP contribution is -2.41. The molecule has 3 aromatic rings. The summed E-state index contributed by atoms with van der Waals surface area (Å²) in [6.45, 7) is 4.45. The zero-order chi connectivity index (χ0) is 22.2. The largest absolute Gasteiger partial charge is 0.351 e. The molecule has 0 spiro atoms. The van der Waals surface area contributed by atoms with Gasteiger partial charge in [0.25, 0.3) is 11.8 Å². The van der Waals surface area contributed by atoms with Crippen LogP contribution in [0, 0.1) is 13.8 Å². The van der Waals surface area contributed by atoms with E-state index >= 15 is 0 Å². The Labute approximate surface area is 184 Å². The Hall–Kier alpha value is -3.47. The van der Waals surface area contributed by atoms with E-state index in [2.05, 4.69) is 28.5 Å². The number of carbonyl (C=O) groups is 2. The van der Waals surface area contributed by atoms with Gasteiger partial charge in [0, 0.05) is 31.4 Å². The summed E-state index contributed by atoms with van der Waals surface area (Å²) < 4.78 is 0. The summed E-state index contributed by atoms with van der Waals surface area (Å²) in [5.41, 5.74) is 4.37. The van der Waals surface area contributed by atoms with E-state index < -0.39 is 0 Å². The van der Waals surface area contributed by atoms with Crippen LogP contribution in [0.4, 0.5) is 0 Å². The number of pyridine rings is 1. The molecule has 1 unspecified atom stereocenters. The van der Waals surface area contributed by atoms with Gasteiger partial charge in [-0.1, -0.05) is 53.6 Å². The van der Waals surface area contributed by atoms with Crippen molar-refractivity contribution in [3.63, 3.8) is 0 Å². The van der Waals surface area contributed by atoms with Crippen LogP contribution in [0.5, 0.6) is 0 Å². The van der Waals surface area contributed by atoms with Gasteiger partial charge >= 0.3 is 0 Å². The van der Waals surface area contributed by atoms with Crippen LogP contribution in [0.25, 0.3) is 0 Å². The van der Waals surface area contributed by atoms with E-state index in [0.717, 1.165) is 16.7 Å². The predicted molar refractivity (Wildman–Crippen MR) is 123 cm³/mol. The Morgan fingerprint density at radius 3 is 2.29 bits per heavy atom. The Bertz CT molecular complexity index is 999. The van der Waals surface area contributed by atoms with E-state index in [4.69, 9.17) is 0 Å². The van der Waals surface area contributed by atoms with Crippen molar-refractivity contribution < 1.29 is 9.59 Å². The molecule has 2 aromatic carbocycles.